The molecule has 25 heavy (non-hydrogen) atoms. The monoisotopic (exact) mass is 365 g/mol. The van der Waals surface area contributed by atoms with Crippen LogP contribution < -0.4 is 0 Å². The number of aromatic nitrogens is 4. The van der Waals surface area contributed by atoms with Gasteiger partial charge in [0.15, 0.2) is 0 Å². The van der Waals surface area contributed by atoms with E-state index in [2.05, 4.69) is 10.2 Å². The van der Waals surface area contributed by atoms with Gasteiger partial charge in [-0.25, -0.2) is 8.42 Å². The predicted octanol–water partition coefficient (Wildman–Crippen LogP) is 1.49. The highest BCUT2D eigenvalue weighted by Gasteiger charge is 2.36. The number of hydrogen-bond acceptors (Lipinski definition) is 5. The molecule has 0 bridgehead atoms. The average molecular weight is 365 g/mol. The third kappa shape index (κ3) is 3.00. The Kier molecular flexibility index (Phi) is 4.38. The molecule has 2 aliphatic heterocycles. The summed E-state index contributed by atoms with van der Waals surface area (Å²) in [5, 5.41) is 8.48. The molecular formula is C16H23N5O3S. The maximum absolute atomic E-state index is 13.2. The van der Waals surface area contributed by atoms with Crippen LogP contribution in [0.25, 0.3) is 0 Å². The molecule has 2 unspecified atom stereocenters. The molecule has 0 spiro atoms. The summed E-state index contributed by atoms with van der Waals surface area (Å²) in [4.78, 5) is 0.258. The van der Waals surface area contributed by atoms with Gasteiger partial charge in [0.1, 0.15) is 4.90 Å². The van der Waals surface area contributed by atoms with Gasteiger partial charge in [0, 0.05) is 32.6 Å². The molecule has 2 aromatic rings. The Morgan fingerprint density at radius 3 is 2.84 bits per heavy atom. The Balaban J connectivity index is 1.64. The number of sulfonamides is 1. The Hall–Kier alpha value is -1.71. The highest BCUT2D eigenvalue weighted by atomic mass is 32.2. The minimum absolute atomic E-state index is 0.123. The summed E-state index contributed by atoms with van der Waals surface area (Å²) >= 11 is 0. The summed E-state index contributed by atoms with van der Waals surface area (Å²) < 4.78 is 37.0. The van der Waals surface area contributed by atoms with Gasteiger partial charge in [0.25, 0.3) is 0 Å². The molecule has 0 amide bonds. The molecule has 4 rings (SSSR count). The highest BCUT2D eigenvalue weighted by Crippen LogP contribution is 2.35. The third-order valence-corrected chi connectivity index (χ3v) is 6.98. The molecule has 0 aliphatic carbocycles. The second-order valence-electron chi connectivity index (χ2n) is 6.68. The van der Waals surface area contributed by atoms with E-state index in [4.69, 9.17) is 4.74 Å². The summed E-state index contributed by atoms with van der Waals surface area (Å²) in [6.07, 6.45) is 8.38. The molecule has 2 atom stereocenters. The first kappa shape index (κ1) is 16.7. The quantitative estimate of drug-likeness (QED) is 0.820. The van der Waals surface area contributed by atoms with Crippen LogP contribution in [0.5, 0.6) is 0 Å². The first-order chi connectivity index (χ1) is 12.1. The van der Waals surface area contributed by atoms with Crippen molar-refractivity contribution in [2.75, 3.05) is 19.8 Å². The van der Waals surface area contributed by atoms with E-state index in [0.717, 1.165) is 31.4 Å². The average Bonchev–Trinajstić information content (AvgIpc) is 3.35. The lowest BCUT2D eigenvalue weighted by Gasteiger charge is -2.34. The van der Waals surface area contributed by atoms with Crippen molar-refractivity contribution < 1.29 is 13.2 Å². The van der Waals surface area contributed by atoms with E-state index in [1.807, 2.05) is 13.1 Å². The van der Waals surface area contributed by atoms with Crippen LogP contribution in [0.4, 0.5) is 0 Å². The van der Waals surface area contributed by atoms with Gasteiger partial charge < -0.3 is 4.74 Å². The molecule has 0 N–H and O–H groups in total. The first-order valence-electron chi connectivity index (χ1n) is 8.69. The van der Waals surface area contributed by atoms with Crippen LogP contribution in [0.3, 0.4) is 0 Å². The van der Waals surface area contributed by atoms with Crippen molar-refractivity contribution >= 4 is 10.0 Å². The zero-order valence-corrected chi connectivity index (χ0v) is 15.1. The summed E-state index contributed by atoms with van der Waals surface area (Å²) in [6.45, 7) is 1.81. The SMILES string of the molecule is Cn1nccc1C1CCCCN1S(=O)(=O)c1cnn(C2CCOC2)c1. The normalized spacial score (nSPS) is 25.5. The van der Waals surface area contributed by atoms with E-state index in [1.54, 1.807) is 26.1 Å². The lowest BCUT2D eigenvalue weighted by atomic mass is 10.0. The Labute approximate surface area is 147 Å². The Morgan fingerprint density at radius 1 is 1.24 bits per heavy atom. The molecule has 2 saturated heterocycles. The summed E-state index contributed by atoms with van der Waals surface area (Å²) in [7, 11) is -1.74. The maximum Gasteiger partial charge on any atom is 0.246 e. The van der Waals surface area contributed by atoms with Crippen LogP contribution in [0.15, 0.2) is 29.6 Å². The molecule has 0 saturated carbocycles. The van der Waals surface area contributed by atoms with Crippen LogP contribution in [-0.4, -0.2) is 52.0 Å². The van der Waals surface area contributed by atoms with Crippen molar-refractivity contribution in [2.45, 2.75) is 42.7 Å². The minimum atomic E-state index is -3.59. The molecule has 136 valence electrons. The van der Waals surface area contributed by atoms with Crippen molar-refractivity contribution in [1.29, 1.82) is 0 Å². The maximum atomic E-state index is 13.2. The molecule has 4 heterocycles. The van der Waals surface area contributed by atoms with E-state index >= 15 is 0 Å². The second-order valence-corrected chi connectivity index (χ2v) is 8.57. The van der Waals surface area contributed by atoms with E-state index in [0.29, 0.717) is 19.8 Å². The van der Waals surface area contributed by atoms with Crippen molar-refractivity contribution in [2.24, 2.45) is 7.05 Å². The van der Waals surface area contributed by atoms with E-state index < -0.39 is 10.0 Å². The van der Waals surface area contributed by atoms with Crippen LogP contribution in [0.2, 0.25) is 0 Å². The number of aryl methyl sites for hydroxylation is 1. The zero-order valence-electron chi connectivity index (χ0n) is 14.3. The summed E-state index contributed by atoms with van der Waals surface area (Å²) in [5.74, 6) is 0. The summed E-state index contributed by atoms with van der Waals surface area (Å²) in [6, 6.07) is 1.85. The molecule has 2 aromatic heterocycles. The van der Waals surface area contributed by atoms with Crippen LogP contribution in [0, 0.1) is 0 Å². The standard InChI is InChI=1S/C16H23N5O3S/c1-19-15(5-7-17-19)16-4-2-3-8-21(16)25(22,23)14-10-18-20(11-14)13-6-9-24-12-13/h5,7,10-11,13,16H,2-4,6,8-9,12H2,1H3. The molecule has 8 nitrogen and oxygen atoms in total. The van der Waals surface area contributed by atoms with Gasteiger partial charge in [-0.05, 0) is 25.3 Å². The van der Waals surface area contributed by atoms with Crippen molar-refractivity contribution in [1.82, 2.24) is 23.9 Å². The van der Waals surface area contributed by atoms with Crippen molar-refractivity contribution in [3.05, 3.63) is 30.4 Å². The zero-order chi connectivity index (χ0) is 17.4. The number of ether oxygens (including phenoxy) is 1. The van der Waals surface area contributed by atoms with Crippen LogP contribution in [0.1, 0.15) is 43.5 Å². The smallest absolute Gasteiger partial charge is 0.246 e. The molecule has 2 fully saturated rings. The van der Waals surface area contributed by atoms with Gasteiger partial charge in [-0.2, -0.15) is 14.5 Å². The molecular weight excluding hydrogens is 342 g/mol. The van der Waals surface area contributed by atoms with Crippen LogP contribution >= 0.6 is 0 Å². The number of piperidine rings is 1. The fourth-order valence-corrected chi connectivity index (χ4v) is 5.33. The van der Waals surface area contributed by atoms with E-state index in [9.17, 15) is 8.42 Å². The second kappa shape index (κ2) is 6.54. The predicted molar refractivity (Wildman–Crippen MR) is 90.4 cm³/mol. The fraction of sp³-hybridized carbons (Fsp3) is 0.625. The van der Waals surface area contributed by atoms with Crippen molar-refractivity contribution in [3.63, 3.8) is 0 Å². The number of hydrogen-bond donors (Lipinski definition) is 0. The molecule has 9 heteroatoms. The largest absolute Gasteiger partial charge is 0.379 e. The lowest BCUT2D eigenvalue weighted by molar-refractivity contribution is 0.184. The number of rotatable bonds is 4. The van der Waals surface area contributed by atoms with Gasteiger partial charge in [-0.1, -0.05) is 6.42 Å². The van der Waals surface area contributed by atoms with Gasteiger partial charge >= 0.3 is 0 Å². The molecule has 0 aromatic carbocycles. The molecule has 2 aliphatic rings. The van der Waals surface area contributed by atoms with Gasteiger partial charge in [0.2, 0.25) is 10.0 Å². The fourth-order valence-electron chi connectivity index (χ4n) is 3.72. The highest BCUT2D eigenvalue weighted by molar-refractivity contribution is 7.89. The van der Waals surface area contributed by atoms with Gasteiger partial charge in [-0.3, -0.25) is 9.36 Å². The Morgan fingerprint density at radius 2 is 2.12 bits per heavy atom. The van der Waals surface area contributed by atoms with Gasteiger partial charge in [-0.15, -0.1) is 0 Å². The minimum Gasteiger partial charge on any atom is -0.379 e. The Bertz CT molecular complexity index is 838. The summed E-state index contributed by atoms with van der Waals surface area (Å²) in [5.41, 5.74) is 0.930. The van der Waals surface area contributed by atoms with Gasteiger partial charge in [0.05, 0.1) is 30.6 Å². The van der Waals surface area contributed by atoms with Crippen LogP contribution in [-0.2, 0) is 21.8 Å². The first-order valence-corrected chi connectivity index (χ1v) is 10.1. The van der Waals surface area contributed by atoms with E-state index in [1.165, 1.54) is 6.20 Å². The third-order valence-electron chi connectivity index (χ3n) is 5.12. The molecule has 0 radical (unpaired) electrons. The topological polar surface area (TPSA) is 82.3 Å². The number of nitrogens with zero attached hydrogens (tertiary/aromatic N) is 5. The van der Waals surface area contributed by atoms with E-state index in [-0.39, 0.29) is 17.0 Å². The lowest BCUT2D eigenvalue weighted by Crippen LogP contribution is -2.39. The van der Waals surface area contributed by atoms with Crippen molar-refractivity contribution in [3.8, 4) is 0 Å².